The van der Waals surface area contributed by atoms with Gasteiger partial charge in [0.05, 0.1) is 19.9 Å². The summed E-state index contributed by atoms with van der Waals surface area (Å²) in [4.78, 5) is 26.6. The normalized spacial score (nSPS) is 14.2. The van der Waals surface area contributed by atoms with Crippen LogP contribution in [-0.2, 0) is 9.59 Å². The van der Waals surface area contributed by atoms with E-state index >= 15 is 0 Å². The number of piperidine rings is 1. The molecular weight excluding hydrogens is 384 g/mol. The molecule has 0 unspecified atom stereocenters. The molecule has 2 amide bonds. The second-order valence-electron chi connectivity index (χ2n) is 7.30. The first-order valence-electron chi connectivity index (χ1n) is 10.0. The lowest BCUT2D eigenvalue weighted by atomic mass is 10.1. The standard InChI is InChI=1S/C23H28N2O5/c1-16-4-6-17(7-5-16)30-18-10-12-25(13-11-18)23(27)15-22(26)24-20-9-8-19(28-2)14-21(20)29-3/h4-9,14,18H,10-13,15H2,1-3H3,(H,24,26). The smallest absolute Gasteiger partial charge is 0.233 e. The van der Waals surface area contributed by atoms with Crippen LogP contribution in [0.1, 0.15) is 24.8 Å². The third-order valence-electron chi connectivity index (χ3n) is 5.11. The topological polar surface area (TPSA) is 77.1 Å². The lowest BCUT2D eigenvalue weighted by Gasteiger charge is -2.32. The van der Waals surface area contributed by atoms with Gasteiger partial charge in [0, 0.05) is 32.0 Å². The molecule has 0 aromatic heterocycles. The Morgan fingerprint density at radius 2 is 1.67 bits per heavy atom. The fraction of sp³-hybridized carbons (Fsp3) is 0.391. The van der Waals surface area contributed by atoms with Crippen molar-refractivity contribution in [2.24, 2.45) is 0 Å². The number of methoxy groups -OCH3 is 2. The minimum absolute atomic E-state index is 0.0779. The van der Waals surface area contributed by atoms with Crippen molar-refractivity contribution in [2.75, 3.05) is 32.6 Å². The molecule has 3 rings (SSSR count). The van der Waals surface area contributed by atoms with E-state index < -0.39 is 0 Å². The zero-order valence-electron chi connectivity index (χ0n) is 17.6. The Kier molecular flexibility index (Phi) is 7.17. The largest absolute Gasteiger partial charge is 0.497 e. The third kappa shape index (κ3) is 5.65. The summed E-state index contributed by atoms with van der Waals surface area (Å²) >= 11 is 0. The van der Waals surface area contributed by atoms with Gasteiger partial charge < -0.3 is 24.4 Å². The Morgan fingerprint density at radius 3 is 2.30 bits per heavy atom. The molecule has 1 heterocycles. The highest BCUT2D eigenvalue weighted by atomic mass is 16.5. The number of hydrogen-bond acceptors (Lipinski definition) is 5. The van der Waals surface area contributed by atoms with Crippen molar-refractivity contribution in [1.29, 1.82) is 0 Å². The number of anilines is 1. The number of likely N-dealkylation sites (tertiary alicyclic amines) is 1. The van der Waals surface area contributed by atoms with Crippen LogP contribution >= 0.6 is 0 Å². The summed E-state index contributed by atoms with van der Waals surface area (Å²) in [7, 11) is 3.07. The van der Waals surface area contributed by atoms with Gasteiger partial charge in [0.15, 0.2) is 0 Å². The van der Waals surface area contributed by atoms with Crippen LogP contribution in [0.25, 0.3) is 0 Å². The molecule has 0 radical (unpaired) electrons. The van der Waals surface area contributed by atoms with E-state index in [-0.39, 0.29) is 24.3 Å². The van der Waals surface area contributed by atoms with Gasteiger partial charge in [-0.1, -0.05) is 17.7 Å². The van der Waals surface area contributed by atoms with Crippen molar-refractivity contribution in [3.05, 3.63) is 48.0 Å². The molecule has 2 aromatic carbocycles. The van der Waals surface area contributed by atoms with Gasteiger partial charge in [0.25, 0.3) is 0 Å². The predicted octanol–water partition coefficient (Wildman–Crippen LogP) is 3.41. The number of aryl methyl sites for hydroxylation is 1. The molecule has 1 fully saturated rings. The number of nitrogens with zero attached hydrogens (tertiary/aromatic N) is 1. The molecule has 7 nitrogen and oxygen atoms in total. The monoisotopic (exact) mass is 412 g/mol. The van der Waals surface area contributed by atoms with Crippen LogP contribution in [0.2, 0.25) is 0 Å². The molecule has 1 aliphatic heterocycles. The highest BCUT2D eigenvalue weighted by Crippen LogP contribution is 2.29. The maximum Gasteiger partial charge on any atom is 0.233 e. The molecule has 1 N–H and O–H groups in total. The quantitative estimate of drug-likeness (QED) is 0.706. The Bertz CT molecular complexity index is 874. The van der Waals surface area contributed by atoms with Crippen molar-refractivity contribution in [3.8, 4) is 17.2 Å². The molecule has 0 aliphatic carbocycles. The average Bonchev–Trinajstić information content (AvgIpc) is 2.76. The van der Waals surface area contributed by atoms with Crippen LogP contribution in [0.4, 0.5) is 5.69 Å². The summed E-state index contributed by atoms with van der Waals surface area (Å²) in [5, 5.41) is 2.74. The number of ether oxygens (including phenoxy) is 3. The summed E-state index contributed by atoms with van der Waals surface area (Å²) in [5.41, 5.74) is 1.69. The molecule has 30 heavy (non-hydrogen) atoms. The van der Waals surface area contributed by atoms with Gasteiger partial charge in [-0.05, 0) is 31.2 Å². The summed E-state index contributed by atoms with van der Waals surface area (Å²) in [6.07, 6.45) is 1.36. The second kappa shape index (κ2) is 10.0. The number of carbonyl (C=O) groups excluding carboxylic acids is 2. The summed E-state index contributed by atoms with van der Waals surface area (Å²) < 4.78 is 16.4. The lowest BCUT2D eigenvalue weighted by molar-refractivity contribution is -0.136. The van der Waals surface area contributed by atoms with Crippen LogP contribution in [0.15, 0.2) is 42.5 Å². The molecule has 0 spiro atoms. The zero-order valence-corrected chi connectivity index (χ0v) is 17.6. The maximum absolute atomic E-state index is 12.5. The van der Waals surface area contributed by atoms with Gasteiger partial charge in [-0.3, -0.25) is 9.59 Å². The molecule has 7 heteroatoms. The van der Waals surface area contributed by atoms with Crippen LogP contribution in [0.5, 0.6) is 17.2 Å². The number of benzene rings is 2. The highest BCUT2D eigenvalue weighted by molar-refractivity contribution is 6.04. The van der Waals surface area contributed by atoms with Crippen molar-refractivity contribution >= 4 is 17.5 Å². The first-order chi connectivity index (χ1) is 14.5. The minimum Gasteiger partial charge on any atom is -0.497 e. The van der Waals surface area contributed by atoms with Gasteiger partial charge in [0.2, 0.25) is 11.8 Å². The van der Waals surface area contributed by atoms with Gasteiger partial charge in [-0.15, -0.1) is 0 Å². The molecule has 0 saturated carbocycles. The van der Waals surface area contributed by atoms with E-state index in [9.17, 15) is 9.59 Å². The number of nitrogens with one attached hydrogen (secondary N) is 1. The lowest BCUT2D eigenvalue weighted by Crippen LogP contribution is -2.42. The first-order valence-corrected chi connectivity index (χ1v) is 10.0. The minimum atomic E-state index is -0.374. The van der Waals surface area contributed by atoms with E-state index in [2.05, 4.69) is 5.32 Å². The number of carbonyl (C=O) groups is 2. The molecule has 0 bridgehead atoms. The van der Waals surface area contributed by atoms with E-state index in [0.717, 1.165) is 18.6 Å². The number of hydrogen-bond donors (Lipinski definition) is 1. The molecule has 1 aliphatic rings. The second-order valence-corrected chi connectivity index (χ2v) is 7.30. The summed E-state index contributed by atoms with van der Waals surface area (Å²) in [6, 6.07) is 13.0. The van der Waals surface area contributed by atoms with Crippen molar-refractivity contribution in [1.82, 2.24) is 4.90 Å². The van der Waals surface area contributed by atoms with Crippen LogP contribution in [-0.4, -0.2) is 50.1 Å². The van der Waals surface area contributed by atoms with E-state index in [1.165, 1.54) is 12.7 Å². The SMILES string of the molecule is COc1ccc(NC(=O)CC(=O)N2CCC(Oc3ccc(C)cc3)CC2)c(OC)c1. The highest BCUT2D eigenvalue weighted by Gasteiger charge is 2.25. The van der Waals surface area contributed by atoms with Crippen LogP contribution < -0.4 is 19.5 Å². The van der Waals surface area contributed by atoms with Gasteiger partial charge in [-0.2, -0.15) is 0 Å². The van der Waals surface area contributed by atoms with Crippen molar-refractivity contribution < 1.29 is 23.8 Å². The van der Waals surface area contributed by atoms with Crippen LogP contribution in [0.3, 0.4) is 0 Å². The Hall–Kier alpha value is -3.22. The summed E-state index contributed by atoms with van der Waals surface area (Å²) in [5.74, 6) is 1.38. The average molecular weight is 412 g/mol. The predicted molar refractivity (Wildman–Crippen MR) is 114 cm³/mol. The Balaban J connectivity index is 1.47. The molecular formula is C23H28N2O5. The van der Waals surface area contributed by atoms with Gasteiger partial charge >= 0.3 is 0 Å². The van der Waals surface area contributed by atoms with E-state index in [0.29, 0.717) is 30.3 Å². The Labute approximate surface area is 176 Å². The third-order valence-corrected chi connectivity index (χ3v) is 5.11. The van der Waals surface area contributed by atoms with Gasteiger partial charge in [-0.25, -0.2) is 0 Å². The van der Waals surface area contributed by atoms with E-state index in [4.69, 9.17) is 14.2 Å². The van der Waals surface area contributed by atoms with E-state index in [1.54, 1.807) is 30.2 Å². The van der Waals surface area contributed by atoms with Crippen molar-refractivity contribution in [2.45, 2.75) is 32.3 Å². The molecule has 0 atom stereocenters. The summed E-state index contributed by atoms with van der Waals surface area (Å²) in [6.45, 7) is 3.19. The van der Waals surface area contributed by atoms with Crippen LogP contribution in [0, 0.1) is 6.92 Å². The fourth-order valence-corrected chi connectivity index (χ4v) is 3.38. The van der Waals surface area contributed by atoms with Crippen molar-refractivity contribution in [3.63, 3.8) is 0 Å². The van der Waals surface area contributed by atoms with E-state index in [1.807, 2.05) is 31.2 Å². The number of amides is 2. The fourth-order valence-electron chi connectivity index (χ4n) is 3.38. The zero-order chi connectivity index (χ0) is 21.5. The first kappa shape index (κ1) is 21.5. The molecule has 2 aromatic rings. The molecule has 1 saturated heterocycles. The number of rotatable bonds is 7. The molecule has 160 valence electrons. The van der Waals surface area contributed by atoms with Gasteiger partial charge in [0.1, 0.15) is 29.8 Å². The maximum atomic E-state index is 12.5. The Morgan fingerprint density at radius 1 is 1.00 bits per heavy atom.